The number of halogens is 1. The Bertz CT molecular complexity index is 1160. The van der Waals surface area contributed by atoms with E-state index >= 15 is 0 Å². The van der Waals surface area contributed by atoms with E-state index < -0.39 is 0 Å². The van der Waals surface area contributed by atoms with Gasteiger partial charge in [-0.05, 0) is 26.0 Å². The first-order chi connectivity index (χ1) is 15.1. The summed E-state index contributed by atoms with van der Waals surface area (Å²) in [6.07, 6.45) is 0. The Morgan fingerprint density at radius 3 is 2.03 bits per heavy atom. The lowest BCUT2D eigenvalue weighted by atomic mass is 10.0. The highest BCUT2D eigenvalue weighted by atomic mass is 32.2. The Kier molecular flexibility index (Phi) is 6.57. The fourth-order valence-electron chi connectivity index (χ4n) is 3.04. The van der Waals surface area contributed by atoms with E-state index in [2.05, 4.69) is 48.3 Å². The zero-order valence-corrected chi connectivity index (χ0v) is 18.2. The molecule has 0 aliphatic heterocycles. The summed E-state index contributed by atoms with van der Waals surface area (Å²) in [5.41, 5.74) is 5.86. The van der Waals surface area contributed by atoms with Gasteiger partial charge in [0.1, 0.15) is 11.4 Å². The molecular weight excluding hydrogens is 409 g/mol. The Balaban J connectivity index is 1.55. The minimum atomic E-state index is -0.366. The van der Waals surface area contributed by atoms with E-state index in [4.69, 9.17) is 9.72 Å². The van der Waals surface area contributed by atoms with Gasteiger partial charge in [0.05, 0.1) is 6.61 Å². The number of rotatable bonds is 7. The molecule has 0 aliphatic carbocycles. The van der Waals surface area contributed by atoms with Gasteiger partial charge in [-0.3, -0.25) is 0 Å². The first kappa shape index (κ1) is 21.0. The Morgan fingerprint density at radius 2 is 1.39 bits per heavy atom. The summed E-state index contributed by atoms with van der Waals surface area (Å²) < 4.78 is 19.2. The third-order valence-corrected chi connectivity index (χ3v) is 5.53. The van der Waals surface area contributed by atoms with E-state index in [0.29, 0.717) is 17.5 Å². The normalized spacial score (nSPS) is 10.8. The monoisotopic (exact) mass is 431 g/mol. The highest BCUT2D eigenvalue weighted by Crippen LogP contribution is 2.30. The van der Waals surface area contributed by atoms with E-state index in [0.717, 1.165) is 22.5 Å². The van der Waals surface area contributed by atoms with Gasteiger partial charge in [-0.25, -0.2) is 9.37 Å². The second-order valence-corrected chi connectivity index (χ2v) is 8.21. The van der Waals surface area contributed by atoms with Gasteiger partial charge < -0.3 is 4.74 Å². The van der Waals surface area contributed by atoms with Crippen LogP contribution in [-0.4, -0.2) is 27.5 Å². The molecule has 0 N–H and O–H groups in total. The molecule has 0 aliphatic rings. The fraction of sp³-hybridized carbons (Fsp3) is 0.160. The predicted octanol–water partition coefficient (Wildman–Crippen LogP) is 6.13. The predicted molar refractivity (Wildman–Crippen MR) is 123 cm³/mol. The molecule has 1 heterocycles. The van der Waals surface area contributed by atoms with Crippen molar-refractivity contribution >= 4 is 11.8 Å². The van der Waals surface area contributed by atoms with Crippen LogP contribution in [0.5, 0.6) is 5.75 Å². The average Bonchev–Trinajstić information content (AvgIpc) is 2.79. The van der Waals surface area contributed by atoms with Crippen LogP contribution in [-0.2, 0) is 0 Å². The van der Waals surface area contributed by atoms with E-state index in [9.17, 15) is 4.39 Å². The van der Waals surface area contributed by atoms with Gasteiger partial charge in [0, 0.05) is 16.9 Å². The summed E-state index contributed by atoms with van der Waals surface area (Å²) in [7, 11) is 0. The molecular formula is C25H22FN3OS. The van der Waals surface area contributed by atoms with Crippen LogP contribution in [0.4, 0.5) is 4.39 Å². The van der Waals surface area contributed by atoms with Crippen LogP contribution in [0, 0.1) is 19.7 Å². The van der Waals surface area contributed by atoms with Gasteiger partial charge in [-0.2, -0.15) is 0 Å². The summed E-state index contributed by atoms with van der Waals surface area (Å²) in [5.74, 6) is 0.458. The highest BCUT2D eigenvalue weighted by Gasteiger charge is 2.14. The molecule has 4 nitrogen and oxygen atoms in total. The lowest BCUT2D eigenvalue weighted by molar-refractivity contribution is 0.325. The third-order valence-electron chi connectivity index (χ3n) is 4.73. The van der Waals surface area contributed by atoms with Crippen molar-refractivity contribution in [2.24, 2.45) is 0 Å². The molecule has 156 valence electrons. The lowest BCUT2D eigenvalue weighted by Crippen LogP contribution is -2.04. The third kappa shape index (κ3) is 5.27. The van der Waals surface area contributed by atoms with E-state index in [1.54, 1.807) is 18.2 Å². The largest absolute Gasteiger partial charge is 0.490 e. The SMILES string of the molecule is Cc1ccc(-c2nnc(SCCOc3ccccc3F)nc2-c2ccc(C)cc2)cc1. The zero-order valence-electron chi connectivity index (χ0n) is 17.4. The minimum absolute atomic E-state index is 0.247. The van der Waals surface area contributed by atoms with Crippen molar-refractivity contribution in [2.75, 3.05) is 12.4 Å². The first-order valence-electron chi connectivity index (χ1n) is 9.99. The molecule has 4 aromatic rings. The van der Waals surface area contributed by atoms with Crippen LogP contribution < -0.4 is 4.74 Å². The maximum absolute atomic E-state index is 13.7. The van der Waals surface area contributed by atoms with Gasteiger partial charge in [0.25, 0.3) is 0 Å². The first-order valence-corrected chi connectivity index (χ1v) is 11.0. The smallest absolute Gasteiger partial charge is 0.209 e. The standard InChI is InChI=1S/C25H22FN3OS/c1-17-7-11-19(12-8-17)23-24(20-13-9-18(2)10-14-20)28-29-25(27-23)31-16-15-30-22-6-4-3-5-21(22)26/h3-14H,15-16H2,1-2H3. The summed E-state index contributed by atoms with van der Waals surface area (Å²) in [4.78, 5) is 4.79. The molecule has 6 heteroatoms. The molecule has 0 radical (unpaired) electrons. The topological polar surface area (TPSA) is 47.9 Å². The molecule has 0 spiro atoms. The van der Waals surface area contributed by atoms with Crippen molar-refractivity contribution in [1.82, 2.24) is 15.2 Å². The molecule has 4 rings (SSSR count). The number of hydrogen-bond donors (Lipinski definition) is 0. The van der Waals surface area contributed by atoms with Crippen LogP contribution in [0.2, 0.25) is 0 Å². The van der Waals surface area contributed by atoms with Crippen molar-refractivity contribution in [3.05, 3.63) is 89.7 Å². The van der Waals surface area contributed by atoms with E-state index in [1.165, 1.54) is 29.0 Å². The summed E-state index contributed by atoms with van der Waals surface area (Å²) in [5, 5.41) is 9.37. The summed E-state index contributed by atoms with van der Waals surface area (Å²) >= 11 is 1.43. The second kappa shape index (κ2) is 9.71. The maximum Gasteiger partial charge on any atom is 0.209 e. The molecule has 31 heavy (non-hydrogen) atoms. The van der Waals surface area contributed by atoms with Crippen molar-refractivity contribution in [3.8, 4) is 28.3 Å². The Morgan fingerprint density at radius 1 is 0.774 bits per heavy atom. The van der Waals surface area contributed by atoms with Crippen LogP contribution in [0.25, 0.3) is 22.5 Å². The number of hydrogen-bond acceptors (Lipinski definition) is 5. The van der Waals surface area contributed by atoms with E-state index in [-0.39, 0.29) is 11.6 Å². The molecule has 1 aromatic heterocycles. The van der Waals surface area contributed by atoms with Crippen LogP contribution in [0.15, 0.2) is 78.0 Å². The average molecular weight is 432 g/mol. The molecule has 0 atom stereocenters. The Labute approximate surface area is 185 Å². The van der Waals surface area contributed by atoms with Gasteiger partial charge in [0.2, 0.25) is 5.16 Å². The van der Waals surface area contributed by atoms with Crippen LogP contribution in [0.3, 0.4) is 0 Å². The van der Waals surface area contributed by atoms with Crippen molar-refractivity contribution in [2.45, 2.75) is 19.0 Å². The van der Waals surface area contributed by atoms with Crippen LogP contribution in [0.1, 0.15) is 11.1 Å². The highest BCUT2D eigenvalue weighted by molar-refractivity contribution is 7.99. The molecule has 0 saturated heterocycles. The molecule has 3 aromatic carbocycles. The van der Waals surface area contributed by atoms with Crippen molar-refractivity contribution < 1.29 is 9.13 Å². The summed E-state index contributed by atoms with van der Waals surface area (Å²) in [6, 6.07) is 22.8. The number of nitrogens with zero attached hydrogens (tertiary/aromatic N) is 3. The number of aryl methyl sites for hydroxylation is 2. The number of para-hydroxylation sites is 1. The summed E-state index contributed by atoms with van der Waals surface area (Å²) in [6.45, 7) is 4.45. The minimum Gasteiger partial charge on any atom is -0.490 e. The Hall–Kier alpha value is -3.25. The quantitative estimate of drug-likeness (QED) is 0.260. The molecule has 0 saturated carbocycles. The number of ether oxygens (including phenoxy) is 1. The second-order valence-electron chi connectivity index (χ2n) is 7.15. The molecule has 0 fully saturated rings. The number of aromatic nitrogens is 3. The van der Waals surface area contributed by atoms with Gasteiger partial charge in [-0.1, -0.05) is 83.6 Å². The van der Waals surface area contributed by atoms with Gasteiger partial charge >= 0.3 is 0 Å². The maximum atomic E-state index is 13.7. The molecule has 0 unspecified atom stereocenters. The number of thioether (sulfide) groups is 1. The van der Waals surface area contributed by atoms with Crippen molar-refractivity contribution in [1.29, 1.82) is 0 Å². The van der Waals surface area contributed by atoms with E-state index in [1.807, 2.05) is 24.3 Å². The fourth-order valence-corrected chi connectivity index (χ4v) is 3.64. The van der Waals surface area contributed by atoms with Crippen LogP contribution >= 0.6 is 11.8 Å². The molecule has 0 amide bonds. The van der Waals surface area contributed by atoms with Crippen molar-refractivity contribution in [3.63, 3.8) is 0 Å². The number of benzene rings is 3. The lowest BCUT2D eigenvalue weighted by Gasteiger charge is -2.10. The zero-order chi connectivity index (χ0) is 21.6. The van der Waals surface area contributed by atoms with Gasteiger partial charge in [0.15, 0.2) is 11.6 Å². The molecule has 0 bridgehead atoms. The van der Waals surface area contributed by atoms with Gasteiger partial charge in [-0.15, -0.1) is 10.2 Å².